The zero-order valence-electron chi connectivity index (χ0n) is 9.60. The highest BCUT2D eigenvalue weighted by Gasteiger charge is 2.36. The van der Waals surface area contributed by atoms with Gasteiger partial charge in [0.2, 0.25) is 0 Å². The minimum absolute atomic E-state index is 0.396. The van der Waals surface area contributed by atoms with Gasteiger partial charge in [-0.3, -0.25) is 11.3 Å². The zero-order chi connectivity index (χ0) is 10.6. The van der Waals surface area contributed by atoms with Crippen molar-refractivity contribution in [1.29, 1.82) is 0 Å². The Morgan fingerprint density at radius 2 is 2.07 bits per heavy atom. The van der Waals surface area contributed by atoms with Crippen LogP contribution in [-0.2, 0) is 0 Å². The summed E-state index contributed by atoms with van der Waals surface area (Å²) in [4.78, 5) is 0. The maximum Gasteiger partial charge on any atom is 0.0301 e. The summed E-state index contributed by atoms with van der Waals surface area (Å²) in [5.41, 5.74) is 4.69. The van der Waals surface area contributed by atoms with Crippen LogP contribution in [0.1, 0.15) is 52.4 Å². The van der Waals surface area contributed by atoms with Gasteiger partial charge in [0.25, 0.3) is 0 Å². The molecule has 2 heteroatoms. The van der Waals surface area contributed by atoms with E-state index >= 15 is 0 Å². The van der Waals surface area contributed by atoms with Crippen LogP contribution in [0.3, 0.4) is 0 Å². The summed E-state index contributed by atoms with van der Waals surface area (Å²) in [6.45, 7) is 8.58. The highest BCUT2D eigenvalue weighted by molar-refractivity contribution is 5.02. The van der Waals surface area contributed by atoms with Gasteiger partial charge in [-0.05, 0) is 31.1 Å². The Labute approximate surface area is 87.9 Å². The highest BCUT2D eigenvalue weighted by atomic mass is 15.2. The normalized spacial score (nSPS) is 22.2. The molecule has 0 aromatic rings. The maximum absolute atomic E-state index is 5.65. The van der Waals surface area contributed by atoms with Crippen molar-refractivity contribution in [2.75, 3.05) is 0 Å². The van der Waals surface area contributed by atoms with Crippen LogP contribution in [-0.4, -0.2) is 6.04 Å². The molecule has 0 aliphatic heterocycles. The van der Waals surface area contributed by atoms with Crippen LogP contribution in [0, 0.1) is 5.41 Å². The Morgan fingerprint density at radius 1 is 1.50 bits per heavy atom. The third-order valence-corrected chi connectivity index (χ3v) is 3.78. The number of nitrogens with one attached hydrogen (secondary N) is 1. The van der Waals surface area contributed by atoms with Crippen molar-refractivity contribution in [3.05, 3.63) is 12.2 Å². The van der Waals surface area contributed by atoms with Crippen molar-refractivity contribution < 1.29 is 0 Å². The minimum Gasteiger partial charge on any atom is -0.271 e. The Hall–Kier alpha value is -0.340. The summed E-state index contributed by atoms with van der Waals surface area (Å²) < 4.78 is 0. The van der Waals surface area contributed by atoms with Crippen molar-refractivity contribution in [3.63, 3.8) is 0 Å². The average molecular weight is 196 g/mol. The largest absolute Gasteiger partial charge is 0.271 e. The standard InChI is InChI=1S/C12H24N2/c1-4-10(2)9-11(14-13)12(3)7-5-6-8-12/h11,14H,2,4-9,13H2,1,3H3. The van der Waals surface area contributed by atoms with Gasteiger partial charge in [-0.1, -0.05) is 38.8 Å². The van der Waals surface area contributed by atoms with E-state index in [2.05, 4.69) is 25.9 Å². The van der Waals surface area contributed by atoms with Crippen molar-refractivity contribution in [2.24, 2.45) is 11.3 Å². The Morgan fingerprint density at radius 3 is 2.50 bits per heavy atom. The van der Waals surface area contributed by atoms with E-state index in [0.29, 0.717) is 11.5 Å². The lowest BCUT2D eigenvalue weighted by Crippen LogP contribution is -2.46. The molecule has 1 saturated carbocycles. The summed E-state index contributed by atoms with van der Waals surface area (Å²) in [7, 11) is 0. The van der Waals surface area contributed by atoms with Gasteiger partial charge >= 0.3 is 0 Å². The second-order valence-corrected chi connectivity index (χ2v) is 4.89. The van der Waals surface area contributed by atoms with Crippen LogP contribution >= 0.6 is 0 Å². The zero-order valence-corrected chi connectivity index (χ0v) is 9.60. The monoisotopic (exact) mass is 196 g/mol. The minimum atomic E-state index is 0.396. The van der Waals surface area contributed by atoms with Crippen LogP contribution in [0.15, 0.2) is 12.2 Å². The molecule has 0 heterocycles. The average Bonchev–Trinajstić information content (AvgIpc) is 2.62. The Bertz CT molecular complexity index is 192. The van der Waals surface area contributed by atoms with E-state index < -0.39 is 0 Å². The predicted octanol–water partition coefficient (Wildman–Crippen LogP) is 2.75. The second-order valence-electron chi connectivity index (χ2n) is 4.89. The van der Waals surface area contributed by atoms with E-state index in [1.807, 2.05) is 0 Å². The summed E-state index contributed by atoms with van der Waals surface area (Å²) in [6, 6.07) is 0.414. The van der Waals surface area contributed by atoms with Crippen molar-refractivity contribution in [1.82, 2.24) is 5.43 Å². The van der Waals surface area contributed by atoms with Crippen molar-refractivity contribution in [2.45, 2.75) is 58.4 Å². The first kappa shape index (κ1) is 11.7. The molecule has 82 valence electrons. The van der Waals surface area contributed by atoms with E-state index in [1.165, 1.54) is 31.3 Å². The SMILES string of the molecule is C=C(CC)CC(NN)C1(C)CCCC1. The fourth-order valence-electron chi connectivity index (χ4n) is 2.47. The molecule has 0 radical (unpaired) electrons. The van der Waals surface area contributed by atoms with Gasteiger partial charge in [0, 0.05) is 6.04 Å². The Kier molecular flexibility index (Phi) is 4.14. The molecule has 1 aliphatic carbocycles. The smallest absolute Gasteiger partial charge is 0.0301 e. The fraction of sp³-hybridized carbons (Fsp3) is 0.833. The molecule has 1 rings (SSSR count). The number of hydrazine groups is 1. The first-order valence-corrected chi connectivity index (χ1v) is 5.75. The number of rotatable bonds is 5. The van der Waals surface area contributed by atoms with E-state index in [4.69, 9.17) is 5.84 Å². The van der Waals surface area contributed by atoms with Crippen molar-refractivity contribution >= 4 is 0 Å². The molecule has 0 amide bonds. The second kappa shape index (κ2) is 4.94. The van der Waals surface area contributed by atoms with Gasteiger partial charge in [0.15, 0.2) is 0 Å². The molecule has 1 atom stereocenters. The molecule has 1 fully saturated rings. The lowest BCUT2D eigenvalue weighted by atomic mass is 9.78. The molecular weight excluding hydrogens is 172 g/mol. The van der Waals surface area contributed by atoms with Gasteiger partial charge < -0.3 is 0 Å². The van der Waals surface area contributed by atoms with Crippen LogP contribution < -0.4 is 11.3 Å². The first-order chi connectivity index (χ1) is 6.62. The van der Waals surface area contributed by atoms with Gasteiger partial charge in [0.1, 0.15) is 0 Å². The van der Waals surface area contributed by atoms with Gasteiger partial charge in [-0.2, -0.15) is 0 Å². The van der Waals surface area contributed by atoms with Gasteiger partial charge in [-0.25, -0.2) is 0 Å². The van der Waals surface area contributed by atoms with Crippen LogP contribution in [0.2, 0.25) is 0 Å². The summed E-state index contributed by atoms with van der Waals surface area (Å²) in [6.07, 6.45) is 7.41. The van der Waals surface area contributed by atoms with E-state index in [1.54, 1.807) is 0 Å². The Balaban J connectivity index is 2.56. The molecule has 14 heavy (non-hydrogen) atoms. The van der Waals surface area contributed by atoms with Crippen molar-refractivity contribution in [3.8, 4) is 0 Å². The molecular formula is C12H24N2. The maximum atomic E-state index is 5.65. The van der Waals surface area contributed by atoms with E-state index in [0.717, 1.165) is 12.8 Å². The van der Waals surface area contributed by atoms with Gasteiger partial charge in [-0.15, -0.1) is 0 Å². The lowest BCUT2D eigenvalue weighted by molar-refractivity contribution is 0.220. The molecule has 0 aromatic heterocycles. The molecule has 0 saturated heterocycles. The van der Waals surface area contributed by atoms with Crippen LogP contribution in [0.25, 0.3) is 0 Å². The quantitative estimate of drug-likeness (QED) is 0.403. The molecule has 0 spiro atoms. The number of nitrogens with two attached hydrogens (primary N) is 1. The van der Waals surface area contributed by atoms with E-state index in [9.17, 15) is 0 Å². The predicted molar refractivity (Wildman–Crippen MR) is 61.7 cm³/mol. The van der Waals surface area contributed by atoms with E-state index in [-0.39, 0.29) is 0 Å². The molecule has 0 aromatic carbocycles. The topological polar surface area (TPSA) is 38.0 Å². The van der Waals surface area contributed by atoms with Crippen LogP contribution in [0.4, 0.5) is 0 Å². The third kappa shape index (κ3) is 2.58. The fourth-order valence-corrected chi connectivity index (χ4v) is 2.47. The summed E-state index contributed by atoms with van der Waals surface area (Å²) >= 11 is 0. The molecule has 0 bridgehead atoms. The molecule has 1 unspecified atom stereocenters. The molecule has 2 nitrogen and oxygen atoms in total. The summed E-state index contributed by atoms with van der Waals surface area (Å²) in [5, 5.41) is 0. The number of hydrogen-bond acceptors (Lipinski definition) is 2. The number of hydrogen-bond donors (Lipinski definition) is 2. The lowest BCUT2D eigenvalue weighted by Gasteiger charge is -2.34. The summed E-state index contributed by atoms with van der Waals surface area (Å²) in [5.74, 6) is 5.65. The molecule has 1 aliphatic rings. The highest BCUT2D eigenvalue weighted by Crippen LogP contribution is 2.42. The third-order valence-electron chi connectivity index (χ3n) is 3.78. The molecule has 3 N–H and O–H groups in total. The first-order valence-electron chi connectivity index (χ1n) is 5.75. The van der Waals surface area contributed by atoms with Gasteiger partial charge in [0.05, 0.1) is 0 Å². The van der Waals surface area contributed by atoms with Crippen LogP contribution in [0.5, 0.6) is 0 Å².